The van der Waals surface area contributed by atoms with Gasteiger partial charge in [0, 0.05) is 18.7 Å². The summed E-state index contributed by atoms with van der Waals surface area (Å²) in [5, 5.41) is 4.28. The number of terminal acetylenes is 1. The lowest BCUT2D eigenvalue weighted by atomic mass is 10.2. The van der Waals surface area contributed by atoms with E-state index in [1.807, 2.05) is 31.2 Å². The van der Waals surface area contributed by atoms with E-state index in [0.717, 1.165) is 41.3 Å². The highest BCUT2D eigenvalue weighted by Gasteiger charge is 2.30. The van der Waals surface area contributed by atoms with Gasteiger partial charge < -0.3 is 14.5 Å². The van der Waals surface area contributed by atoms with Gasteiger partial charge in [-0.05, 0) is 18.4 Å². The van der Waals surface area contributed by atoms with Crippen LogP contribution in [0.4, 0.5) is 11.8 Å². The highest BCUT2D eigenvalue weighted by molar-refractivity contribution is 5.93. The number of rotatable bonds is 4. The van der Waals surface area contributed by atoms with Gasteiger partial charge in [0.25, 0.3) is 5.91 Å². The van der Waals surface area contributed by atoms with Crippen molar-refractivity contribution < 1.29 is 9.53 Å². The Labute approximate surface area is 169 Å². The SMILES string of the molecule is C#CC(=O)N1Cc2nc(N/N=C/c3cccc(C)c3)nc(N3CCOCC3)c2C1. The van der Waals surface area contributed by atoms with E-state index in [4.69, 9.17) is 11.2 Å². The molecule has 1 amide bonds. The molecule has 8 nitrogen and oxygen atoms in total. The summed E-state index contributed by atoms with van der Waals surface area (Å²) in [5.74, 6) is 3.03. The summed E-state index contributed by atoms with van der Waals surface area (Å²) in [4.78, 5) is 25.0. The van der Waals surface area contributed by atoms with Crippen molar-refractivity contribution in [3.63, 3.8) is 0 Å². The number of fused-ring (bicyclic) bond motifs is 1. The number of amides is 1. The molecule has 0 atom stereocenters. The van der Waals surface area contributed by atoms with Crippen LogP contribution in [0.15, 0.2) is 29.4 Å². The number of anilines is 2. The normalized spacial score (nSPS) is 16.0. The van der Waals surface area contributed by atoms with Crippen LogP contribution in [0, 0.1) is 19.3 Å². The zero-order valence-electron chi connectivity index (χ0n) is 16.3. The van der Waals surface area contributed by atoms with E-state index in [0.29, 0.717) is 32.3 Å². The van der Waals surface area contributed by atoms with Gasteiger partial charge in [0.1, 0.15) is 5.82 Å². The Balaban J connectivity index is 1.60. The first kappa shape index (κ1) is 18.9. The maximum atomic E-state index is 12.0. The second-order valence-electron chi connectivity index (χ2n) is 6.99. The van der Waals surface area contributed by atoms with Crippen LogP contribution in [0.5, 0.6) is 0 Å². The number of benzene rings is 1. The molecular formula is C21H22N6O2. The summed E-state index contributed by atoms with van der Waals surface area (Å²) < 4.78 is 5.46. The minimum atomic E-state index is -0.345. The molecule has 3 heterocycles. The van der Waals surface area contributed by atoms with Gasteiger partial charge in [0.2, 0.25) is 5.95 Å². The number of hydrogen-bond acceptors (Lipinski definition) is 7. The Morgan fingerprint density at radius 3 is 2.90 bits per heavy atom. The number of hydrazone groups is 1. The smallest absolute Gasteiger partial charge is 0.298 e. The molecule has 0 spiro atoms. The van der Waals surface area contributed by atoms with Crippen LogP contribution in [-0.2, 0) is 22.6 Å². The number of aryl methyl sites for hydroxylation is 1. The molecule has 0 aliphatic carbocycles. The fraction of sp³-hybridized carbons (Fsp3) is 0.333. The molecule has 1 N–H and O–H groups in total. The van der Waals surface area contributed by atoms with Crippen LogP contribution >= 0.6 is 0 Å². The highest BCUT2D eigenvalue weighted by Crippen LogP contribution is 2.31. The number of carbonyl (C=O) groups is 1. The molecule has 148 valence electrons. The Morgan fingerprint density at radius 1 is 1.31 bits per heavy atom. The van der Waals surface area contributed by atoms with Gasteiger partial charge in [-0.2, -0.15) is 10.1 Å². The number of ether oxygens (including phenoxy) is 1. The van der Waals surface area contributed by atoms with Crippen molar-refractivity contribution in [2.75, 3.05) is 36.6 Å². The molecule has 1 saturated heterocycles. The number of carbonyl (C=O) groups excluding carboxylic acids is 1. The summed E-state index contributed by atoms with van der Waals surface area (Å²) in [7, 11) is 0. The van der Waals surface area contributed by atoms with Gasteiger partial charge in [0.05, 0.1) is 38.2 Å². The predicted molar refractivity (Wildman–Crippen MR) is 111 cm³/mol. The number of morpholine rings is 1. The van der Waals surface area contributed by atoms with E-state index in [1.165, 1.54) is 0 Å². The number of aromatic nitrogens is 2. The molecule has 0 bridgehead atoms. The summed E-state index contributed by atoms with van der Waals surface area (Å²) in [6.45, 7) is 5.57. The third-order valence-electron chi connectivity index (χ3n) is 4.90. The molecule has 0 radical (unpaired) electrons. The maximum Gasteiger partial charge on any atom is 0.298 e. The molecule has 2 aromatic rings. The average Bonchev–Trinajstić information content (AvgIpc) is 3.17. The van der Waals surface area contributed by atoms with E-state index >= 15 is 0 Å². The molecule has 4 rings (SSSR count). The minimum Gasteiger partial charge on any atom is -0.378 e. The Hall–Kier alpha value is -3.44. The van der Waals surface area contributed by atoms with Crippen molar-refractivity contribution in [1.29, 1.82) is 0 Å². The van der Waals surface area contributed by atoms with Crippen LogP contribution in [0.1, 0.15) is 22.4 Å². The quantitative estimate of drug-likeness (QED) is 0.485. The third-order valence-corrected chi connectivity index (χ3v) is 4.90. The van der Waals surface area contributed by atoms with Crippen molar-refractivity contribution >= 4 is 23.9 Å². The van der Waals surface area contributed by atoms with Gasteiger partial charge in [-0.1, -0.05) is 29.8 Å². The van der Waals surface area contributed by atoms with E-state index in [1.54, 1.807) is 11.1 Å². The fourth-order valence-electron chi connectivity index (χ4n) is 3.47. The Bertz CT molecular complexity index is 991. The standard InChI is InChI=1S/C21H22N6O2/c1-3-19(28)27-13-17-18(14-27)23-21(24-20(17)26-7-9-29-10-8-26)25-22-12-16-6-4-5-15(2)11-16/h1,4-6,11-12H,7-10,13-14H2,2H3,(H,23,24,25)/b22-12+. The summed E-state index contributed by atoms with van der Waals surface area (Å²) in [5.41, 5.74) is 6.80. The molecule has 2 aliphatic heterocycles. The predicted octanol–water partition coefficient (Wildman–Crippen LogP) is 1.54. The molecule has 0 unspecified atom stereocenters. The minimum absolute atomic E-state index is 0.345. The lowest BCUT2D eigenvalue weighted by Gasteiger charge is -2.29. The van der Waals surface area contributed by atoms with Gasteiger partial charge in [0.15, 0.2) is 0 Å². The number of nitrogens with zero attached hydrogens (tertiary/aromatic N) is 5. The molecular weight excluding hydrogens is 368 g/mol. The van der Waals surface area contributed by atoms with Crippen LogP contribution < -0.4 is 10.3 Å². The summed E-state index contributed by atoms with van der Waals surface area (Å²) in [6.07, 6.45) is 7.02. The first-order valence-corrected chi connectivity index (χ1v) is 9.48. The second-order valence-corrected chi connectivity index (χ2v) is 6.99. The van der Waals surface area contributed by atoms with E-state index in [9.17, 15) is 4.79 Å². The zero-order valence-corrected chi connectivity index (χ0v) is 16.3. The van der Waals surface area contributed by atoms with E-state index in [-0.39, 0.29) is 5.91 Å². The first-order valence-electron chi connectivity index (χ1n) is 9.48. The van der Waals surface area contributed by atoms with Crippen LogP contribution in [0.25, 0.3) is 0 Å². The molecule has 2 aliphatic rings. The van der Waals surface area contributed by atoms with Gasteiger partial charge in [-0.3, -0.25) is 4.79 Å². The lowest BCUT2D eigenvalue weighted by molar-refractivity contribution is -0.125. The topological polar surface area (TPSA) is 83.0 Å². The molecule has 8 heteroatoms. The molecule has 29 heavy (non-hydrogen) atoms. The summed E-state index contributed by atoms with van der Waals surface area (Å²) >= 11 is 0. The van der Waals surface area contributed by atoms with Crippen molar-refractivity contribution in [2.24, 2.45) is 5.10 Å². The first-order chi connectivity index (χ1) is 14.1. The van der Waals surface area contributed by atoms with Crippen molar-refractivity contribution in [3.05, 3.63) is 46.6 Å². The lowest BCUT2D eigenvalue weighted by Crippen LogP contribution is -2.37. The van der Waals surface area contributed by atoms with Crippen LogP contribution in [-0.4, -0.2) is 53.3 Å². The average molecular weight is 390 g/mol. The van der Waals surface area contributed by atoms with Gasteiger partial charge >= 0.3 is 0 Å². The number of hydrogen-bond donors (Lipinski definition) is 1. The van der Waals surface area contributed by atoms with Crippen molar-refractivity contribution in [2.45, 2.75) is 20.0 Å². The largest absolute Gasteiger partial charge is 0.378 e. The van der Waals surface area contributed by atoms with Gasteiger partial charge in [-0.15, -0.1) is 6.42 Å². The van der Waals surface area contributed by atoms with Crippen LogP contribution in [0.3, 0.4) is 0 Å². The molecule has 1 aromatic carbocycles. The van der Waals surface area contributed by atoms with Gasteiger partial charge in [-0.25, -0.2) is 10.4 Å². The van der Waals surface area contributed by atoms with Crippen molar-refractivity contribution in [1.82, 2.24) is 14.9 Å². The highest BCUT2D eigenvalue weighted by atomic mass is 16.5. The monoisotopic (exact) mass is 390 g/mol. The Kier molecular flexibility index (Phi) is 5.40. The van der Waals surface area contributed by atoms with Crippen LogP contribution in [0.2, 0.25) is 0 Å². The van der Waals surface area contributed by atoms with E-state index < -0.39 is 0 Å². The van der Waals surface area contributed by atoms with Crippen molar-refractivity contribution in [3.8, 4) is 12.3 Å². The number of nitrogens with one attached hydrogen (secondary N) is 1. The molecule has 1 aromatic heterocycles. The van der Waals surface area contributed by atoms with E-state index in [2.05, 4.69) is 31.3 Å². The fourth-order valence-corrected chi connectivity index (χ4v) is 3.47. The maximum absolute atomic E-state index is 12.0. The molecule has 1 fully saturated rings. The second kappa shape index (κ2) is 8.29. The zero-order chi connectivity index (χ0) is 20.2. The molecule has 0 saturated carbocycles. The summed E-state index contributed by atoms with van der Waals surface area (Å²) in [6, 6.07) is 8.03. The third kappa shape index (κ3) is 4.20. The Morgan fingerprint density at radius 2 is 2.14 bits per heavy atom.